The Morgan fingerprint density at radius 2 is 1.90 bits per heavy atom. The number of benzene rings is 1. The van der Waals surface area contributed by atoms with E-state index in [0.717, 1.165) is 22.8 Å². The second-order valence-corrected chi connectivity index (χ2v) is 7.02. The molecule has 1 unspecified atom stereocenters. The molecule has 0 spiro atoms. The fourth-order valence-electron chi connectivity index (χ4n) is 2.40. The van der Waals surface area contributed by atoms with E-state index in [9.17, 15) is 4.79 Å². The molecular formula is C20H29IN4O3S. The van der Waals surface area contributed by atoms with E-state index in [4.69, 9.17) is 9.47 Å². The summed E-state index contributed by atoms with van der Waals surface area (Å²) in [5.41, 5.74) is 0. The van der Waals surface area contributed by atoms with E-state index in [-0.39, 0.29) is 36.0 Å². The highest BCUT2D eigenvalue weighted by Gasteiger charge is 2.07. The van der Waals surface area contributed by atoms with Crippen LogP contribution in [-0.2, 0) is 0 Å². The van der Waals surface area contributed by atoms with Gasteiger partial charge in [-0.1, -0.05) is 12.1 Å². The number of hydrogen-bond acceptors (Lipinski definition) is 5. The molecule has 160 valence electrons. The number of thiophene rings is 1. The lowest BCUT2D eigenvalue weighted by molar-refractivity contribution is 0.0957. The summed E-state index contributed by atoms with van der Waals surface area (Å²) in [7, 11) is 3.36. The molecule has 3 N–H and O–H groups in total. The summed E-state index contributed by atoms with van der Waals surface area (Å²) in [6.45, 7) is 3.90. The summed E-state index contributed by atoms with van der Waals surface area (Å²) < 4.78 is 11.1. The van der Waals surface area contributed by atoms with Crippen molar-refractivity contribution in [3.63, 3.8) is 0 Å². The van der Waals surface area contributed by atoms with Crippen molar-refractivity contribution in [2.24, 2.45) is 4.99 Å². The second kappa shape index (κ2) is 14.0. The molecule has 2 aromatic rings. The topological polar surface area (TPSA) is 84.0 Å². The van der Waals surface area contributed by atoms with Crippen LogP contribution in [0.15, 0.2) is 46.8 Å². The van der Waals surface area contributed by atoms with Crippen LogP contribution in [0.4, 0.5) is 0 Å². The monoisotopic (exact) mass is 532 g/mol. The predicted octanol–water partition coefficient (Wildman–Crippen LogP) is 3.13. The van der Waals surface area contributed by atoms with Crippen molar-refractivity contribution in [3.8, 4) is 11.5 Å². The van der Waals surface area contributed by atoms with Gasteiger partial charge in [0.2, 0.25) is 0 Å². The van der Waals surface area contributed by atoms with E-state index in [1.165, 1.54) is 11.3 Å². The molecule has 7 nitrogen and oxygen atoms in total. The smallest absolute Gasteiger partial charge is 0.261 e. The highest BCUT2D eigenvalue weighted by Crippen LogP contribution is 2.19. The third-order valence-corrected chi connectivity index (χ3v) is 4.70. The number of rotatable bonds is 10. The first-order chi connectivity index (χ1) is 13.6. The normalized spacial score (nSPS) is 11.8. The molecule has 2 rings (SSSR count). The van der Waals surface area contributed by atoms with Crippen LogP contribution < -0.4 is 25.4 Å². The molecule has 0 radical (unpaired) electrons. The Labute approximate surface area is 193 Å². The molecule has 1 heterocycles. The van der Waals surface area contributed by atoms with Crippen molar-refractivity contribution in [1.82, 2.24) is 16.0 Å². The molecule has 0 aliphatic rings. The summed E-state index contributed by atoms with van der Waals surface area (Å²) >= 11 is 1.44. The van der Waals surface area contributed by atoms with Gasteiger partial charge in [0.1, 0.15) is 17.6 Å². The van der Waals surface area contributed by atoms with Gasteiger partial charge in [0.15, 0.2) is 5.96 Å². The van der Waals surface area contributed by atoms with Crippen LogP contribution in [0.5, 0.6) is 11.5 Å². The number of nitrogens with one attached hydrogen (secondary N) is 3. The van der Waals surface area contributed by atoms with Crippen molar-refractivity contribution in [2.75, 3.05) is 33.8 Å². The predicted molar refractivity (Wildman–Crippen MR) is 129 cm³/mol. The average Bonchev–Trinajstić information content (AvgIpc) is 3.25. The number of methoxy groups -OCH3 is 1. The molecular weight excluding hydrogens is 503 g/mol. The zero-order chi connectivity index (χ0) is 20.2. The van der Waals surface area contributed by atoms with Crippen LogP contribution in [0.1, 0.15) is 23.0 Å². The SMILES string of the molecule is CN=C(NCCCNC(=O)c1cccs1)NCC(C)Oc1cccc(OC)c1.I. The zero-order valence-electron chi connectivity index (χ0n) is 16.9. The minimum atomic E-state index is -0.0456. The first-order valence-electron chi connectivity index (χ1n) is 9.19. The van der Waals surface area contributed by atoms with Crippen LogP contribution in [-0.4, -0.2) is 51.8 Å². The number of guanidine groups is 1. The van der Waals surface area contributed by atoms with E-state index in [1.54, 1.807) is 14.2 Å². The van der Waals surface area contributed by atoms with Crippen molar-refractivity contribution < 1.29 is 14.3 Å². The van der Waals surface area contributed by atoms with E-state index < -0.39 is 0 Å². The molecule has 29 heavy (non-hydrogen) atoms. The summed E-state index contributed by atoms with van der Waals surface area (Å²) in [5, 5.41) is 11.3. The van der Waals surface area contributed by atoms with Gasteiger partial charge in [0.05, 0.1) is 18.5 Å². The first-order valence-corrected chi connectivity index (χ1v) is 10.1. The number of halogens is 1. The third-order valence-electron chi connectivity index (χ3n) is 3.84. The Bertz CT molecular complexity index is 756. The first kappa shape index (κ1) is 25.0. The average molecular weight is 532 g/mol. The molecule has 1 amide bonds. The van der Waals surface area contributed by atoms with E-state index in [0.29, 0.717) is 25.6 Å². The maximum atomic E-state index is 11.8. The molecule has 1 atom stereocenters. The maximum absolute atomic E-state index is 11.8. The van der Waals surface area contributed by atoms with Crippen molar-refractivity contribution >= 4 is 47.2 Å². The lowest BCUT2D eigenvalue weighted by atomic mass is 10.3. The van der Waals surface area contributed by atoms with Gasteiger partial charge in [-0.3, -0.25) is 9.79 Å². The highest BCUT2D eigenvalue weighted by atomic mass is 127. The largest absolute Gasteiger partial charge is 0.497 e. The Hall–Kier alpha value is -2.01. The molecule has 1 aromatic heterocycles. The molecule has 0 saturated heterocycles. The van der Waals surface area contributed by atoms with Crippen molar-refractivity contribution in [2.45, 2.75) is 19.4 Å². The molecule has 0 aliphatic heterocycles. The third kappa shape index (κ3) is 9.35. The van der Waals surface area contributed by atoms with Gasteiger partial charge < -0.3 is 25.4 Å². The highest BCUT2D eigenvalue weighted by molar-refractivity contribution is 14.0. The fourth-order valence-corrected chi connectivity index (χ4v) is 3.04. The number of nitrogens with zero attached hydrogens (tertiary/aromatic N) is 1. The van der Waals surface area contributed by atoms with E-state index in [2.05, 4.69) is 20.9 Å². The Morgan fingerprint density at radius 1 is 1.14 bits per heavy atom. The molecule has 0 aliphatic carbocycles. The van der Waals surface area contributed by atoms with Crippen molar-refractivity contribution in [3.05, 3.63) is 46.7 Å². The quantitative estimate of drug-likeness (QED) is 0.190. The number of hydrogen-bond donors (Lipinski definition) is 3. The summed E-state index contributed by atoms with van der Waals surface area (Å²) in [4.78, 5) is 16.8. The maximum Gasteiger partial charge on any atom is 0.261 e. The van der Waals surface area contributed by atoms with Gasteiger partial charge in [0, 0.05) is 26.2 Å². The Kier molecular flexibility index (Phi) is 12.1. The summed E-state index contributed by atoms with van der Waals surface area (Å²) in [6, 6.07) is 11.2. The molecule has 0 fully saturated rings. The molecule has 0 saturated carbocycles. The minimum Gasteiger partial charge on any atom is -0.497 e. The Morgan fingerprint density at radius 3 is 2.59 bits per heavy atom. The Balaban J connectivity index is 0.00000420. The van der Waals surface area contributed by atoms with Crippen LogP contribution in [0, 0.1) is 0 Å². The van der Waals surface area contributed by atoms with Crippen LogP contribution in [0.2, 0.25) is 0 Å². The molecule has 9 heteroatoms. The number of carbonyl (C=O) groups is 1. The minimum absolute atomic E-state index is 0. The number of amides is 1. The van der Waals surface area contributed by atoms with E-state index in [1.807, 2.05) is 48.7 Å². The standard InChI is InChI=1S/C20H28N4O3S.HI/c1-15(27-17-8-4-7-16(13-17)26-3)14-24-20(21-2)23-11-6-10-22-19(25)18-9-5-12-28-18;/h4-5,7-9,12-13,15H,6,10-11,14H2,1-3H3,(H,22,25)(H2,21,23,24);1H. The van der Waals surface area contributed by atoms with Gasteiger partial charge in [-0.05, 0) is 36.9 Å². The van der Waals surface area contributed by atoms with Gasteiger partial charge in [0.25, 0.3) is 5.91 Å². The number of carbonyl (C=O) groups excluding carboxylic acids is 1. The lowest BCUT2D eigenvalue weighted by Crippen LogP contribution is -2.42. The van der Waals surface area contributed by atoms with E-state index >= 15 is 0 Å². The van der Waals surface area contributed by atoms with Crippen LogP contribution in [0.25, 0.3) is 0 Å². The fraction of sp³-hybridized carbons (Fsp3) is 0.400. The molecule has 0 bridgehead atoms. The molecule has 1 aromatic carbocycles. The lowest BCUT2D eigenvalue weighted by Gasteiger charge is -2.18. The number of aliphatic imine (C=N–C) groups is 1. The van der Waals surface area contributed by atoms with Gasteiger partial charge in [-0.25, -0.2) is 0 Å². The van der Waals surface area contributed by atoms with Crippen LogP contribution >= 0.6 is 35.3 Å². The van der Waals surface area contributed by atoms with Gasteiger partial charge in [-0.15, -0.1) is 35.3 Å². The summed E-state index contributed by atoms with van der Waals surface area (Å²) in [6.07, 6.45) is 0.754. The van der Waals surface area contributed by atoms with Crippen molar-refractivity contribution in [1.29, 1.82) is 0 Å². The number of ether oxygens (including phenoxy) is 2. The van der Waals surface area contributed by atoms with Crippen LogP contribution in [0.3, 0.4) is 0 Å². The second-order valence-electron chi connectivity index (χ2n) is 6.07. The zero-order valence-corrected chi connectivity index (χ0v) is 20.1. The summed E-state index contributed by atoms with van der Waals surface area (Å²) in [5.74, 6) is 2.20. The van der Waals surface area contributed by atoms with Gasteiger partial charge in [-0.2, -0.15) is 0 Å². The van der Waals surface area contributed by atoms with Gasteiger partial charge >= 0.3 is 0 Å².